The van der Waals surface area contributed by atoms with Gasteiger partial charge in [-0.3, -0.25) is 23.5 Å². The number of anilines is 2. The highest BCUT2D eigenvalue weighted by molar-refractivity contribution is 5.91. The lowest BCUT2D eigenvalue weighted by atomic mass is 10.1. The molecule has 2 aromatic carbocycles. The molecule has 5 aromatic rings. The summed E-state index contributed by atoms with van der Waals surface area (Å²) in [7, 11) is 1.65. The monoisotopic (exact) mass is 562 g/mol. The van der Waals surface area contributed by atoms with Crippen LogP contribution in [0.15, 0.2) is 70.3 Å². The van der Waals surface area contributed by atoms with E-state index in [0.29, 0.717) is 35.9 Å². The summed E-state index contributed by atoms with van der Waals surface area (Å²) in [6, 6.07) is 19.9. The van der Waals surface area contributed by atoms with Crippen molar-refractivity contribution in [3.8, 4) is 11.8 Å². The normalized spacial score (nSPS) is 15.1. The molecule has 1 aliphatic heterocycles. The topological polar surface area (TPSA) is 116 Å². The average molecular weight is 563 g/mol. The van der Waals surface area contributed by atoms with E-state index in [1.807, 2.05) is 53.1 Å². The highest BCUT2D eigenvalue weighted by atomic mass is 16.2. The first kappa shape index (κ1) is 27.3. The number of aromatic nitrogens is 5. The van der Waals surface area contributed by atoms with Crippen LogP contribution in [0.2, 0.25) is 0 Å². The van der Waals surface area contributed by atoms with Crippen LogP contribution in [0.25, 0.3) is 22.1 Å². The maximum Gasteiger partial charge on any atom is 0.332 e. The number of fused-ring (bicyclic) bond motifs is 2. The van der Waals surface area contributed by atoms with Crippen molar-refractivity contribution in [1.29, 1.82) is 0 Å². The Hall–Kier alpha value is -4.88. The first-order valence-corrected chi connectivity index (χ1v) is 14.2. The van der Waals surface area contributed by atoms with Crippen LogP contribution >= 0.6 is 0 Å². The fraction of sp³-hybridized carbons (Fsp3) is 0.312. The number of aryl methyl sites for hydroxylation is 1. The average Bonchev–Trinajstić information content (AvgIpc) is 3.40. The van der Waals surface area contributed by atoms with E-state index in [1.54, 1.807) is 14.0 Å². The van der Waals surface area contributed by atoms with Gasteiger partial charge in [0.05, 0.1) is 24.3 Å². The number of benzene rings is 2. The van der Waals surface area contributed by atoms with E-state index < -0.39 is 11.2 Å². The van der Waals surface area contributed by atoms with E-state index in [1.165, 1.54) is 9.13 Å². The van der Waals surface area contributed by atoms with Crippen molar-refractivity contribution in [3.05, 3.63) is 92.8 Å². The van der Waals surface area contributed by atoms with Crippen molar-refractivity contribution < 1.29 is 0 Å². The molecule has 214 valence electrons. The van der Waals surface area contributed by atoms with Gasteiger partial charge in [0.25, 0.3) is 5.56 Å². The Balaban J connectivity index is 1.45. The number of nitrogens with two attached hydrogens (primary N) is 1. The lowest BCUT2D eigenvalue weighted by molar-refractivity contribution is 0.496. The van der Waals surface area contributed by atoms with E-state index in [2.05, 4.69) is 34.2 Å². The van der Waals surface area contributed by atoms with E-state index >= 15 is 0 Å². The molecular weight excluding hydrogens is 528 g/mol. The van der Waals surface area contributed by atoms with E-state index in [4.69, 9.17) is 15.7 Å². The van der Waals surface area contributed by atoms with Crippen LogP contribution in [0, 0.1) is 11.8 Å². The van der Waals surface area contributed by atoms with E-state index in [0.717, 1.165) is 41.5 Å². The van der Waals surface area contributed by atoms with Crippen molar-refractivity contribution >= 4 is 33.7 Å². The minimum atomic E-state index is -0.450. The number of nitrogens with zero attached hydrogens (tertiary/aromatic N) is 6. The molecule has 6 rings (SSSR count). The number of imidazole rings is 1. The molecule has 1 aliphatic rings. The standard InChI is InChI=1S/C32H34N8O2/c1-3-4-17-39-28-29(36-31(39)38-16-10-13-23(33)20-38)37(2)32(42)40(30(28)41)21-24-18-27(25-14-8-9-15-26(25)35-24)34-19-22-11-6-5-7-12-22/h5-9,11-12,14-15,18,23H,10,13,16-17,19-21,33H2,1-2H3,(H,34,35). The summed E-state index contributed by atoms with van der Waals surface area (Å²) < 4.78 is 4.50. The largest absolute Gasteiger partial charge is 0.380 e. The Labute approximate surface area is 243 Å². The summed E-state index contributed by atoms with van der Waals surface area (Å²) in [6.07, 6.45) is 1.87. The van der Waals surface area contributed by atoms with Crippen LogP contribution in [0.3, 0.4) is 0 Å². The Morgan fingerprint density at radius 1 is 1.05 bits per heavy atom. The van der Waals surface area contributed by atoms with Gasteiger partial charge in [0.15, 0.2) is 11.2 Å². The predicted molar refractivity (Wildman–Crippen MR) is 167 cm³/mol. The summed E-state index contributed by atoms with van der Waals surface area (Å²) in [5.41, 5.74) is 9.50. The van der Waals surface area contributed by atoms with Crippen LogP contribution in [0.1, 0.15) is 31.0 Å². The molecule has 10 heteroatoms. The lowest BCUT2D eigenvalue weighted by Crippen LogP contribution is -2.44. The van der Waals surface area contributed by atoms with Gasteiger partial charge in [-0.15, -0.1) is 5.92 Å². The third-order valence-electron chi connectivity index (χ3n) is 7.78. The molecular formula is C32H34N8O2. The quantitative estimate of drug-likeness (QED) is 0.293. The summed E-state index contributed by atoms with van der Waals surface area (Å²) in [4.78, 5) is 39.4. The number of hydrogen-bond donors (Lipinski definition) is 2. The minimum Gasteiger partial charge on any atom is -0.380 e. The Kier molecular flexibility index (Phi) is 7.50. The zero-order valence-electron chi connectivity index (χ0n) is 23.9. The maximum absolute atomic E-state index is 14.1. The Morgan fingerprint density at radius 3 is 2.62 bits per heavy atom. The molecule has 0 bridgehead atoms. The molecule has 1 fully saturated rings. The fourth-order valence-corrected chi connectivity index (χ4v) is 5.65. The van der Waals surface area contributed by atoms with E-state index in [9.17, 15) is 9.59 Å². The smallest absolute Gasteiger partial charge is 0.332 e. The van der Waals surface area contributed by atoms with E-state index in [-0.39, 0.29) is 19.1 Å². The third kappa shape index (κ3) is 5.15. The molecule has 4 heterocycles. The predicted octanol–water partition coefficient (Wildman–Crippen LogP) is 3.06. The molecule has 1 unspecified atom stereocenters. The zero-order chi connectivity index (χ0) is 29.2. The van der Waals surface area contributed by atoms with Gasteiger partial charge in [-0.05, 0) is 37.5 Å². The molecule has 0 amide bonds. The molecule has 3 N–H and O–H groups in total. The third-order valence-corrected chi connectivity index (χ3v) is 7.78. The van der Waals surface area contributed by atoms with Gasteiger partial charge >= 0.3 is 5.69 Å². The number of pyridine rings is 1. The van der Waals surface area contributed by atoms with Crippen molar-refractivity contribution in [1.82, 2.24) is 23.7 Å². The van der Waals surface area contributed by atoms with Gasteiger partial charge in [-0.25, -0.2) is 4.79 Å². The first-order valence-electron chi connectivity index (χ1n) is 14.2. The van der Waals surface area contributed by atoms with Gasteiger partial charge in [-0.2, -0.15) is 4.98 Å². The maximum atomic E-state index is 14.1. The van der Waals surface area contributed by atoms with Gasteiger partial charge in [0.2, 0.25) is 5.95 Å². The number of piperidine rings is 1. The number of nitrogens with one attached hydrogen (secondary N) is 1. The molecule has 0 radical (unpaired) electrons. The molecule has 10 nitrogen and oxygen atoms in total. The molecule has 1 saturated heterocycles. The summed E-state index contributed by atoms with van der Waals surface area (Å²) in [5.74, 6) is 6.61. The molecule has 3 aromatic heterocycles. The minimum absolute atomic E-state index is 0.0147. The summed E-state index contributed by atoms with van der Waals surface area (Å²) >= 11 is 0. The SMILES string of the molecule is CC#CCn1c(N2CCCC(N)C2)nc2c1c(=O)n(Cc1cc(NCc3ccccc3)c3ccccc3n1)c(=O)n2C. The molecule has 1 atom stereocenters. The van der Waals surface area contributed by atoms with Crippen LogP contribution in [0.5, 0.6) is 0 Å². The fourth-order valence-electron chi connectivity index (χ4n) is 5.65. The first-order chi connectivity index (χ1) is 20.4. The summed E-state index contributed by atoms with van der Waals surface area (Å²) in [5, 5.41) is 4.49. The number of hydrogen-bond acceptors (Lipinski definition) is 7. The van der Waals surface area contributed by atoms with Crippen molar-refractivity contribution in [2.45, 2.75) is 45.4 Å². The van der Waals surface area contributed by atoms with Crippen molar-refractivity contribution in [2.24, 2.45) is 12.8 Å². The zero-order valence-corrected chi connectivity index (χ0v) is 23.9. The Morgan fingerprint density at radius 2 is 1.83 bits per heavy atom. The van der Waals surface area contributed by atoms with Gasteiger partial charge in [-0.1, -0.05) is 54.5 Å². The second kappa shape index (κ2) is 11.5. The Bertz CT molecular complexity index is 1950. The van der Waals surface area contributed by atoms with Gasteiger partial charge < -0.3 is 16.0 Å². The van der Waals surface area contributed by atoms with Crippen molar-refractivity contribution in [3.63, 3.8) is 0 Å². The number of rotatable bonds is 7. The molecule has 0 saturated carbocycles. The highest BCUT2D eigenvalue weighted by Gasteiger charge is 2.26. The molecule has 0 aliphatic carbocycles. The van der Waals surface area contributed by atoms with Crippen LogP contribution in [-0.2, 0) is 26.7 Å². The number of para-hydroxylation sites is 1. The van der Waals surface area contributed by atoms with Gasteiger partial charge in [0.1, 0.15) is 0 Å². The van der Waals surface area contributed by atoms with Crippen LogP contribution in [-0.4, -0.2) is 42.8 Å². The van der Waals surface area contributed by atoms with Crippen molar-refractivity contribution in [2.75, 3.05) is 23.3 Å². The second-order valence-electron chi connectivity index (χ2n) is 10.7. The second-order valence-corrected chi connectivity index (χ2v) is 10.7. The molecule has 42 heavy (non-hydrogen) atoms. The van der Waals surface area contributed by atoms with Gasteiger partial charge in [0, 0.05) is 43.8 Å². The highest BCUT2D eigenvalue weighted by Crippen LogP contribution is 2.25. The van der Waals surface area contributed by atoms with Crippen LogP contribution < -0.4 is 27.2 Å². The summed E-state index contributed by atoms with van der Waals surface area (Å²) in [6.45, 7) is 4.09. The lowest BCUT2D eigenvalue weighted by Gasteiger charge is -2.31. The molecule has 0 spiro atoms. The van der Waals surface area contributed by atoms with Crippen LogP contribution in [0.4, 0.5) is 11.6 Å².